The van der Waals surface area contributed by atoms with Crippen LogP contribution in [0.2, 0.25) is 0 Å². The van der Waals surface area contributed by atoms with Crippen molar-refractivity contribution in [3.63, 3.8) is 0 Å². The minimum Gasteiger partial charge on any atom is -0.350 e. The molecular weight excluding hydrogens is 241 g/mol. The van der Waals surface area contributed by atoms with Crippen LogP contribution in [0.5, 0.6) is 0 Å². The monoisotopic (exact) mass is 253 g/mol. The van der Waals surface area contributed by atoms with E-state index >= 15 is 0 Å². The molecule has 0 aliphatic carbocycles. The van der Waals surface area contributed by atoms with Gasteiger partial charge in [-0.2, -0.15) is 0 Å². The second-order valence-electron chi connectivity index (χ2n) is 4.08. The van der Waals surface area contributed by atoms with Crippen molar-refractivity contribution in [1.29, 1.82) is 0 Å². The Morgan fingerprint density at radius 3 is 2.76 bits per heavy atom. The molecule has 17 heavy (non-hydrogen) atoms. The first-order chi connectivity index (χ1) is 7.97. The van der Waals surface area contributed by atoms with Gasteiger partial charge < -0.3 is 15.3 Å². The highest BCUT2D eigenvalue weighted by molar-refractivity contribution is 7.71. The van der Waals surface area contributed by atoms with Crippen molar-refractivity contribution >= 4 is 29.2 Å². The summed E-state index contributed by atoms with van der Waals surface area (Å²) >= 11 is 4.92. The Kier molecular flexibility index (Phi) is 2.97. The van der Waals surface area contributed by atoms with Crippen molar-refractivity contribution in [3.05, 3.63) is 28.3 Å². The maximum absolute atomic E-state index is 13.4. The van der Waals surface area contributed by atoms with Gasteiger partial charge in [-0.25, -0.2) is 4.39 Å². The topological polar surface area (TPSA) is 60.7 Å². The van der Waals surface area contributed by atoms with Crippen LogP contribution in [-0.4, -0.2) is 21.9 Å². The summed E-state index contributed by atoms with van der Waals surface area (Å²) < 4.78 is 13.7. The summed E-state index contributed by atoms with van der Waals surface area (Å²) in [6.45, 7) is 3.68. The molecule has 0 saturated heterocycles. The molecular formula is C11H12FN3OS. The number of amides is 1. The number of imidazole rings is 1. The standard InChI is InChI=1S/C11H12FN3OS/c1-5(2)13-10(16)7-3-6(12)4-8-9(7)15-11(17)14-8/h3-5H,1-2H3,(H,13,16)(H2,14,15,17). The third-order valence-electron chi connectivity index (χ3n) is 2.25. The van der Waals surface area contributed by atoms with Gasteiger partial charge in [0, 0.05) is 6.04 Å². The van der Waals surface area contributed by atoms with E-state index in [0.29, 0.717) is 15.8 Å². The second kappa shape index (κ2) is 4.29. The third-order valence-corrected chi connectivity index (χ3v) is 2.46. The molecule has 90 valence electrons. The van der Waals surface area contributed by atoms with Crippen LogP contribution in [0.15, 0.2) is 12.1 Å². The molecule has 3 N–H and O–H groups in total. The molecule has 1 heterocycles. The van der Waals surface area contributed by atoms with Crippen molar-refractivity contribution in [2.24, 2.45) is 0 Å². The summed E-state index contributed by atoms with van der Waals surface area (Å²) in [6.07, 6.45) is 0. The van der Waals surface area contributed by atoms with Gasteiger partial charge in [-0.15, -0.1) is 0 Å². The molecule has 6 heteroatoms. The number of carbonyl (C=O) groups is 1. The van der Waals surface area contributed by atoms with E-state index in [1.54, 1.807) is 0 Å². The van der Waals surface area contributed by atoms with Gasteiger partial charge in [0.2, 0.25) is 0 Å². The Morgan fingerprint density at radius 1 is 1.41 bits per heavy atom. The Bertz CT molecular complexity index is 629. The van der Waals surface area contributed by atoms with Crippen LogP contribution < -0.4 is 5.32 Å². The molecule has 1 aromatic heterocycles. The fraction of sp³-hybridized carbons (Fsp3) is 0.273. The number of H-pyrrole nitrogens is 2. The summed E-state index contributed by atoms with van der Waals surface area (Å²) in [5, 5.41) is 2.71. The molecule has 0 aliphatic heterocycles. The molecule has 2 aromatic rings. The number of hydrogen-bond acceptors (Lipinski definition) is 2. The Morgan fingerprint density at radius 2 is 2.12 bits per heavy atom. The van der Waals surface area contributed by atoms with E-state index in [1.807, 2.05) is 13.8 Å². The summed E-state index contributed by atoms with van der Waals surface area (Å²) in [4.78, 5) is 17.5. The number of nitrogens with one attached hydrogen (secondary N) is 3. The zero-order valence-electron chi connectivity index (χ0n) is 9.43. The van der Waals surface area contributed by atoms with Crippen molar-refractivity contribution in [2.45, 2.75) is 19.9 Å². The van der Waals surface area contributed by atoms with E-state index in [1.165, 1.54) is 12.1 Å². The molecule has 2 rings (SSSR count). The first-order valence-corrected chi connectivity index (χ1v) is 5.60. The molecule has 1 aromatic carbocycles. The highest BCUT2D eigenvalue weighted by Gasteiger charge is 2.14. The first kappa shape index (κ1) is 11.8. The lowest BCUT2D eigenvalue weighted by Gasteiger charge is -2.08. The molecule has 0 aliphatic rings. The fourth-order valence-corrected chi connectivity index (χ4v) is 1.84. The van der Waals surface area contributed by atoms with Crippen molar-refractivity contribution < 1.29 is 9.18 Å². The molecule has 0 fully saturated rings. The van der Waals surface area contributed by atoms with Gasteiger partial charge in [0.05, 0.1) is 16.6 Å². The minimum absolute atomic E-state index is 0.0114. The number of aromatic nitrogens is 2. The van der Waals surface area contributed by atoms with Crippen LogP contribution in [0.25, 0.3) is 11.0 Å². The fourth-order valence-electron chi connectivity index (χ4n) is 1.63. The van der Waals surface area contributed by atoms with E-state index in [4.69, 9.17) is 12.2 Å². The van der Waals surface area contributed by atoms with Crippen LogP contribution in [0, 0.1) is 10.6 Å². The summed E-state index contributed by atoms with van der Waals surface area (Å²) in [7, 11) is 0. The molecule has 0 saturated carbocycles. The van der Waals surface area contributed by atoms with Gasteiger partial charge in [-0.3, -0.25) is 4.79 Å². The third kappa shape index (κ3) is 2.36. The van der Waals surface area contributed by atoms with Crippen molar-refractivity contribution in [1.82, 2.24) is 15.3 Å². The lowest BCUT2D eigenvalue weighted by molar-refractivity contribution is 0.0944. The number of halogens is 1. The maximum Gasteiger partial charge on any atom is 0.253 e. The van der Waals surface area contributed by atoms with Crippen LogP contribution in [-0.2, 0) is 0 Å². The number of hydrogen-bond donors (Lipinski definition) is 3. The van der Waals surface area contributed by atoms with Crippen LogP contribution >= 0.6 is 12.2 Å². The van der Waals surface area contributed by atoms with Gasteiger partial charge in [0.15, 0.2) is 4.77 Å². The van der Waals surface area contributed by atoms with E-state index in [9.17, 15) is 9.18 Å². The zero-order valence-corrected chi connectivity index (χ0v) is 10.2. The molecule has 0 radical (unpaired) electrons. The average Bonchev–Trinajstić information content (AvgIpc) is 2.55. The van der Waals surface area contributed by atoms with E-state index < -0.39 is 5.82 Å². The largest absolute Gasteiger partial charge is 0.350 e. The van der Waals surface area contributed by atoms with Gasteiger partial charge >= 0.3 is 0 Å². The lowest BCUT2D eigenvalue weighted by Crippen LogP contribution is -2.30. The Labute approximate surface area is 102 Å². The summed E-state index contributed by atoms with van der Waals surface area (Å²) in [5.74, 6) is -0.800. The predicted octanol–water partition coefficient (Wildman–Crippen LogP) is 2.50. The van der Waals surface area contributed by atoms with Crippen LogP contribution in [0.1, 0.15) is 24.2 Å². The molecule has 0 atom stereocenters. The number of aromatic amines is 2. The Balaban J connectivity index is 2.59. The summed E-state index contributed by atoms with van der Waals surface area (Å²) in [5.41, 5.74) is 1.26. The van der Waals surface area contributed by atoms with Gasteiger partial charge in [0.25, 0.3) is 5.91 Å². The number of carbonyl (C=O) groups excluding carboxylic acids is 1. The minimum atomic E-state index is -0.475. The maximum atomic E-state index is 13.4. The van der Waals surface area contributed by atoms with Gasteiger partial charge in [0.1, 0.15) is 5.82 Å². The number of rotatable bonds is 2. The molecule has 0 spiro atoms. The average molecular weight is 253 g/mol. The quantitative estimate of drug-likeness (QED) is 0.720. The number of benzene rings is 1. The predicted molar refractivity (Wildman–Crippen MR) is 66.0 cm³/mol. The van der Waals surface area contributed by atoms with Crippen LogP contribution in [0.4, 0.5) is 4.39 Å². The molecule has 0 unspecified atom stereocenters. The van der Waals surface area contributed by atoms with E-state index in [-0.39, 0.29) is 17.5 Å². The summed E-state index contributed by atoms with van der Waals surface area (Å²) in [6, 6.07) is 2.48. The smallest absolute Gasteiger partial charge is 0.253 e. The molecule has 4 nitrogen and oxygen atoms in total. The molecule has 1 amide bonds. The lowest BCUT2D eigenvalue weighted by atomic mass is 10.1. The van der Waals surface area contributed by atoms with E-state index in [0.717, 1.165) is 0 Å². The normalized spacial score (nSPS) is 11.1. The highest BCUT2D eigenvalue weighted by Crippen LogP contribution is 2.17. The number of fused-ring (bicyclic) bond motifs is 1. The van der Waals surface area contributed by atoms with Gasteiger partial charge in [-0.1, -0.05) is 0 Å². The van der Waals surface area contributed by atoms with Crippen molar-refractivity contribution in [2.75, 3.05) is 0 Å². The van der Waals surface area contributed by atoms with Crippen molar-refractivity contribution in [3.8, 4) is 0 Å². The van der Waals surface area contributed by atoms with Gasteiger partial charge in [-0.05, 0) is 38.2 Å². The SMILES string of the molecule is CC(C)NC(=O)c1cc(F)cc2[nH]c(=S)[nH]c12. The first-order valence-electron chi connectivity index (χ1n) is 5.20. The second-order valence-corrected chi connectivity index (χ2v) is 4.49. The highest BCUT2D eigenvalue weighted by atomic mass is 32.1. The molecule has 0 bridgehead atoms. The van der Waals surface area contributed by atoms with Crippen LogP contribution in [0.3, 0.4) is 0 Å². The zero-order chi connectivity index (χ0) is 12.6. The van der Waals surface area contributed by atoms with E-state index in [2.05, 4.69) is 15.3 Å². The Hall–Kier alpha value is -1.69.